The van der Waals surface area contributed by atoms with Crippen LogP contribution < -0.4 is 5.73 Å². The Labute approximate surface area is 73.8 Å². The first kappa shape index (κ1) is 9.33. The number of nitrogens with two attached hydrogens (primary N) is 1. The number of hydrogen-bond acceptors (Lipinski definition) is 2. The van der Waals surface area contributed by atoms with Crippen molar-refractivity contribution in [1.29, 1.82) is 0 Å². The van der Waals surface area contributed by atoms with Gasteiger partial charge >= 0.3 is 0 Å². The molecule has 12 heavy (non-hydrogen) atoms. The fraction of sp³-hybridized carbons (Fsp3) is 0.600. The van der Waals surface area contributed by atoms with E-state index >= 15 is 0 Å². The molecule has 1 atom stereocenters. The van der Waals surface area contributed by atoms with Gasteiger partial charge in [0.15, 0.2) is 0 Å². The molecule has 1 aromatic heterocycles. The Kier molecular flexibility index (Phi) is 3.35. The minimum atomic E-state index is 0.0717. The zero-order chi connectivity index (χ0) is 8.97. The van der Waals surface area contributed by atoms with Gasteiger partial charge in [0, 0.05) is 0 Å². The van der Waals surface area contributed by atoms with Crippen LogP contribution in [0, 0.1) is 5.92 Å². The monoisotopic (exact) mass is 167 g/mol. The maximum atomic E-state index is 5.89. The lowest BCUT2D eigenvalue weighted by Gasteiger charge is -2.09. The molecule has 0 saturated carbocycles. The van der Waals surface area contributed by atoms with Crippen LogP contribution in [0.2, 0.25) is 0 Å². The van der Waals surface area contributed by atoms with E-state index in [1.54, 1.807) is 6.26 Å². The van der Waals surface area contributed by atoms with E-state index in [-0.39, 0.29) is 6.04 Å². The average molecular weight is 167 g/mol. The Morgan fingerprint density at radius 2 is 2.17 bits per heavy atom. The predicted molar refractivity (Wildman–Crippen MR) is 49.7 cm³/mol. The van der Waals surface area contributed by atoms with Crippen molar-refractivity contribution in [3.8, 4) is 0 Å². The van der Waals surface area contributed by atoms with Gasteiger partial charge in [0.25, 0.3) is 0 Å². The Bertz CT molecular complexity index is 204. The van der Waals surface area contributed by atoms with Crippen molar-refractivity contribution in [3.63, 3.8) is 0 Å². The van der Waals surface area contributed by atoms with Gasteiger partial charge in [0.1, 0.15) is 5.76 Å². The molecule has 0 aliphatic heterocycles. The van der Waals surface area contributed by atoms with Gasteiger partial charge in [-0.2, -0.15) is 0 Å². The van der Waals surface area contributed by atoms with Gasteiger partial charge in [0.05, 0.1) is 12.3 Å². The molecule has 0 aliphatic rings. The van der Waals surface area contributed by atoms with Crippen LogP contribution >= 0.6 is 0 Å². The summed E-state index contributed by atoms with van der Waals surface area (Å²) >= 11 is 0. The summed E-state index contributed by atoms with van der Waals surface area (Å²) in [6.45, 7) is 4.41. The fourth-order valence-corrected chi connectivity index (χ4v) is 1.16. The standard InChI is InChI=1S/C10H17NO/c1-8(2)5-6-9(11)10-4-3-7-12-10/h3-4,7-9H,5-6,11H2,1-2H3/t9-/m1/s1. The summed E-state index contributed by atoms with van der Waals surface area (Å²) in [6, 6.07) is 3.89. The number of furan rings is 1. The largest absolute Gasteiger partial charge is 0.468 e. The van der Waals surface area contributed by atoms with Crippen molar-refractivity contribution in [2.75, 3.05) is 0 Å². The smallest absolute Gasteiger partial charge is 0.120 e. The van der Waals surface area contributed by atoms with E-state index in [4.69, 9.17) is 10.2 Å². The molecular formula is C10H17NO. The van der Waals surface area contributed by atoms with Gasteiger partial charge in [0.2, 0.25) is 0 Å². The van der Waals surface area contributed by atoms with Crippen molar-refractivity contribution in [2.24, 2.45) is 11.7 Å². The third-order valence-corrected chi connectivity index (χ3v) is 1.96. The van der Waals surface area contributed by atoms with E-state index in [1.165, 1.54) is 0 Å². The van der Waals surface area contributed by atoms with Gasteiger partial charge < -0.3 is 10.2 Å². The molecule has 1 aromatic rings. The van der Waals surface area contributed by atoms with Crippen molar-refractivity contribution < 1.29 is 4.42 Å². The molecule has 0 amide bonds. The fourth-order valence-electron chi connectivity index (χ4n) is 1.16. The van der Waals surface area contributed by atoms with Gasteiger partial charge in [-0.1, -0.05) is 13.8 Å². The first-order valence-electron chi connectivity index (χ1n) is 4.49. The summed E-state index contributed by atoms with van der Waals surface area (Å²) in [5, 5.41) is 0. The van der Waals surface area contributed by atoms with Gasteiger partial charge in [-0.3, -0.25) is 0 Å². The maximum absolute atomic E-state index is 5.89. The Hall–Kier alpha value is -0.760. The molecule has 0 bridgehead atoms. The zero-order valence-corrected chi connectivity index (χ0v) is 7.79. The summed E-state index contributed by atoms with van der Waals surface area (Å²) in [5.74, 6) is 1.61. The highest BCUT2D eigenvalue weighted by Gasteiger charge is 2.08. The SMILES string of the molecule is CC(C)CC[C@@H](N)c1ccco1. The molecule has 0 unspecified atom stereocenters. The highest BCUT2D eigenvalue weighted by Crippen LogP contribution is 2.18. The molecule has 0 aromatic carbocycles. The van der Waals surface area contributed by atoms with Crippen molar-refractivity contribution in [2.45, 2.75) is 32.7 Å². The zero-order valence-electron chi connectivity index (χ0n) is 7.79. The summed E-state index contributed by atoms with van der Waals surface area (Å²) in [4.78, 5) is 0. The highest BCUT2D eigenvalue weighted by molar-refractivity contribution is 5.03. The quantitative estimate of drug-likeness (QED) is 0.748. The minimum absolute atomic E-state index is 0.0717. The molecule has 0 spiro atoms. The Morgan fingerprint density at radius 3 is 2.67 bits per heavy atom. The third kappa shape index (κ3) is 2.70. The van der Waals surface area contributed by atoms with E-state index < -0.39 is 0 Å². The van der Waals surface area contributed by atoms with Crippen LogP contribution in [0.25, 0.3) is 0 Å². The second-order valence-electron chi connectivity index (χ2n) is 3.59. The molecule has 2 nitrogen and oxygen atoms in total. The normalized spacial score (nSPS) is 13.7. The lowest BCUT2D eigenvalue weighted by Crippen LogP contribution is -2.10. The van der Waals surface area contributed by atoms with Gasteiger partial charge in [-0.25, -0.2) is 0 Å². The highest BCUT2D eigenvalue weighted by atomic mass is 16.3. The second-order valence-corrected chi connectivity index (χ2v) is 3.59. The van der Waals surface area contributed by atoms with Crippen LogP contribution in [0.3, 0.4) is 0 Å². The summed E-state index contributed by atoms with van der Waals surface area (Å²) < 4.78 is 5.20. The van der Waals surface area contributed by atoms with Crippen LogP contribution in [-0.2, 0) is 0 Å². The first-order valence-corrected chi connectivity index (χ1v) is 4.49. The van der Waals surface area contributed by atoms with E-state index in [9.17, 15) is 0 Å². The third-order valence-electron chi connectivity index (χ3n) is 1.96. The van der Waals surface area contributed by atoms with E-state index in [2.05, 4.69) is 13.8 Å². The van der Waals surface area contributed by atoms with Crippen molar-refractivity contribution >= 4 is 0 Å². The lowest BCUT2D eigenvalue weighted by molar-refractivity contribution is 0.424. The van der Waals surface area contributed by atoms with Crippen LogP contribution in [0.15, 0.2) is 22.8 Å². The van der Waals surface area contributed by atoms with E-state index in [1.807, 2.05) is 12.1 Å². The second kappa shape index (κ2) is 4.31. The van der Waals surface area contributed by atoms with E-state index in [0.29, 0.717) is 5.92 Å². The van der Waals surface area contributed by atoms with Crippen molar-refractivity contribution in [1.82, 2.24) is 0 Å². The number of rotatable bonds is 4. The van der Waals surface area contributed by atoms with Crippen LogP contribution in [0.4, 0.5) is 0 Å². The van der Waals surface area contributed by atoms with Gasteiger partial charge in [-0.15, -0.1) is 0 Å². The molecule has 1 rings (SSSR count). The lowest BCUT2D eigenvalue weighted by atomic mass is 10.0. The van der Waals surface area contributed by atoms with Gasteiger partial charge in [-0.05, 0) is 30.9 Å². The summed E-state index contributed by atoms with van der Waals surface area (Å²) in [5.41, 5.74) is 5.89. The first-order chi connectivity index (χ1) is 5.70. The Morgan fingerprint density at radius 1 is 1.42 bits per heavy atom. The molecule has 2 N–H and O–H groups in total. The average Bonchev–Trinajstić information content (AvgIpc) is 2.51. The topological polar surface area (TPSA) is 39.2 Å². The summed E-state index contributed by atoms with van der Waals surface area (Å²) in [7, 11) is 0. The molecule has 0 aliphatic carbocycles. The number of hydrogen-bond donors (Lipinski definition) is 1. The van der Waals surface area contributed by atoms with Crippen molar-refractivity contribution in [3.05, 3.63) is 24.2 Å². The van der Waals surface area contributed by atoms with E-state index in [0.717, 1.165) is 18.6 Å². The van der Waals surface area contributed by atoms with Crippen LogP contribution in [0.5, 0.6) is 0 Å². The summed E-state index contributed by atoms with van der Waals surface area (Å²) in [6.07, 6.45) is 3.83. The van der Waals surface area contributed by atoms with Crippen LogP contribution in [-0.4, -0.2) is 0 Å². The molecular weight excluding hydrogens is 150 g/mol. The molecule has 0 saturated heterocycles. The molecule has 2 heteroatoms. The van der Waals surface area contributed by atoms with Crippen LogP contribution in [0.1, 0.15) is 38.5 Å². The minimum Gasteiger partial charge on any atom is -0.468 e. The molecule has 0 radical (unpaired) electrons. The Balaban J connectivity index is 2.34. The predicted octanol–water partition coefficient (Wildman–Crippen LogP) is 2.72. The molecule has 0 fully saturated rings. The maximum Gasteiger partial charge on any atom is 0.120 e. The molecule has 68 valence electrons. The molecule has 1 heterocycles.